The lowest BCUT2D eigenvalue weighted by atomic mass is 10.00. The van der Waals surface area contributed by atoms with Crippen LogP contribution in [0.4, 0.5) is 5.13 Å². The number of carbonyl (C=O) groups excluding carboxylic acids is 1. The molecule has 3 nitrogen and oxygen atoms in total. The number of benzene rings is 1. The molecule has 1 aromatic carbocycles. The van der Waals surface area contributed by atoms with Gasteiger partial charge in [0.15, 0.2) is 5.13 Å². The van der Waals surface area contributed by atoms with Crippen LogP contribution < -0.4 is 5.32 Å². The van der Waals surface area contributed by atoms with Crippen molar-refractivity contribution in [2.75, 3.05) is 5.32 Å². The zero-order valence-electron chi connectivity index (χ0n) is 12.5. The quantitative estimate of drug-likeness (QED) is 0.819. The third kappa shape index (κ3) is 2.95. The topological polar surface area (TPSA) is 42.0 Å². The maximum absolute atomic E-state index is 12.6. The summed E-state index contributed by atoms with van der Waals surface area (Å²) >= 11 is 9.33. The van der Waals surface area contributed by atoms with Crippen molar-refractivity contribution in [1.82, 2.24) is 4.98 Å². The summed E-state index contributed by atoms with van der Waals surface area (Å²) in [6, 6.07) is 9.89. The molecule has 2 aromatic rings. The molecule has 2 aliphatic rings. The van der Waals surface area contributed by atoms with Crippen molar-refractivity contribution in [2.24, 2.45) is 5.92 Å². The third-order valence-corrected chi connectivity index (χ3v) is 6.52. The van der Waals surface area contributed by atoms with Crippen LogP contribution >= 0.6 is 34.7 Å². The zero-order chi connectivity index (χ0) is 16.5. The summed E-state index contributed by atoms with van der Waals surface area (Å²) < 4.78 is 0. The number of thioether (sulfide) groups is 1. The summed E-state index contributed by atoms with van der Waals surface area (Å²) in [6.45, 7) is 0. The molecule has 24 heavy (non-hydrogen) atoms. The molecule has 4 rings (SSSR count). The fourth-order valence-electron chi connectivity index (χ4n) is 2.66. The Morgan fingerprint density at radius 1 is 1.17 bits per heavy atom. The first-order valence-electron chi connectivity index (χ1n) is 7.46. The van der Waals surface area contributed by atoms with Crippen LogP contribution in [0.5, 0.6) is 0 Å². The van der Waals surface area contributed by atoms with Crippen molar-refractivity contribution < 1.29 is 4.79 Å². The zero-order valence-corrected chi connectivity index (χ0v) is 14.9. The van der Waals surface area contributed by atoms with E-state index in [1.807, 2.05) is 53.9 Å². The van der Waals surface area contributed by atoms with E-state index in [-0.39, 0.29) is 17.1 Å². The van der Waals surface area contributed by atoms with E-state index in [4.69, 9.17) is 11.6 Å². The van der Waals surface area contributed by atoms with Crippen LogP contribution in [-0.2, 0) is 4.79 Å². The smallest absolute Gasteiger partial charge is 0.265 e. The average molecular weight is 373 g/mol. The van der Waals surface area contributed by atoms with Gasteiger partial charge in [-0.1, -0.05) is 66.2 Å². The Labute approximate surface area is 153 Å². The van der Waals surface area contributed by atoms with Crippen LogP contribution in [0.3, 0.4) is 0 Å². The Bertz CT molecular complexity index is 870. The number of hydrogen-bond donors (Lipinski definition) is 1. The van der Waals surface area contributed by atoms with E-state index in [2.05, 4.69) is 16.4 Å². The van der Waals surface area contributed by atoms with Gasteiger partial charge in [0.05, 0.1) is 10.6 Å². The highest BCUT2D eigenvalue weighted by molar-refractivity contribution is 8.05. The highest BCUT2D eigenvalue weighted by Crippen LogP contribution is 2.47. The molecule has 2 heterocycles. The first-order valence-corrected chi connectivity index (χ1v) is 9.60. The molecule has 1 N–H and O–H groups in total. The molecular weight excluding hydrogens is 360 g/mol. The SMILES string of the molecule is O=C(Nc1nc(-c2ccccc2)cs1)C1=C(Cl)[C@@H]2C=CC=C[C@@H]2S1. The van der Waals surface area contributed by atoms with E-state index in [0.717, 1.165) is 11.3 Å². The molecule has 0 fully saturated rings. The van der Waals surface area contributed by atoms with Crippen LogP contribution in [0.15, 0.2) is 70.0 Å². The maximum Gasteiger partial charge on any atom is 0.265 e. The summed E-state index contributed by atoms with van der Waals surface area (Å²) in [5.41, 5.74) is 1.89. The predicted octanol–water partition coefficient (Wildman–Crippen LogP) is 5.06. The molecule has 120 valence electrons. The molecule has 0 radical (unpaired) electrons. The number of carbonyl (C=O) groups is 1. The molecule has 1 amide bonds. The van der Waals surface area contributed by atoms with Gasteiger partial charge >= 0.3 is 0 Å². The number of aromatic nitrogens is 1. The predicted molar refractivity (Wildman–Crippen MR) is 102 cm³/mol. The van der Waals surface area contributed by atoms with E-state index in [1.54, 1.807) is 0 Å². The number of anilines is 1. The molecule has 1 aliphatic carbocycles. The van der Waals surface area contributed by atoms with E-state index >= 15 is 0 Å². The number of hydrogen-bond acceptors (Lipinski definition) is 4. The molecule has 6 heteroatoms. The number of nitrogens with zero attached hydrogens (tertiary/aromatic N) is 1. The number of amides is 1. The fraction of sp³-hybridized carbons (Fsp3) is 0.111. The minimum atomic E-state index is -0.185. The Kier molecular flexibility index (Phi) is 4.31. The minimum absolute atomic E-state index is 0.0959. The normalized spacial score (nSPS) is 21.9. The lowest BCUT2D eigenvalue weighted by molar-refractivity contribution is -0.112. The lowest BCUT2D eigenvalue weighted by Crippen LogP contribution is -2.12. The Morgan fingerprint density at radius 3 is 2.75 bits per heavy atom. The van der Waals surface area contributed by atoms with Gasteiger partial charge < -0.3 is 0 Å². The number of thiazole rings is 1. The molecule has 0 saturated heterocycles. The summed E-state index contributed by atoms with van der Waals surface area (Å²) in [6.07, 6.45) is 8.08. The van der Waals surface area contributed by atoms with Crippen LogP contribution in [0.2, 0.25) is 0 Å². The summed E-state index contributed by atoms with van der Waals surface area (Å²) in [5.74, 6) is -0.0891. The molecule has 0 unspecified atom stereocenters. The van der Waals surface area contributed by atoms with Crippen molar-refractivity contribution in [3.05, 3.63) is 70.0 Å². The van der Waals surface area contributed by atoms with Crippen molar-refractivity contribution in [1.29, 1.82) is 0 Å². The highest BCUT2D eigenvalue weighted by Gasteiger charge is 2.35. The van der Waals surface area contributed by atoms with Crippen LogP contribution in [-0.4, -0.2) is 16.1 Å². The van der Waals surface area contributed by atoms with Gasteiger partial charge in [0.1, 0.15) is 0 Å². The standard InChI is InChI=1S/C18H13ClN2OS2/c19-15-12-8-4-5-9-14(12)24-16(15)17(22)21-18-20-13(10-23-18)11-6-2-1-3-7-11/h1-10,12,14H,(H,20,21,22)/t12-,14+/m1/s1. The van der Waals surface area contributed by atoms with Crippen molar-refractivity contribution in [2.45, 2.75) is 5.25 Å². The van der Waals surface area contributed by atoms with E-state index < -0.39 is 0 Å². The first kappa shape index (κ1) is 15.7. The van der Waals surface area contributed by atoms with Crippen LogP contribution in [0, 0.1) is 5.92 Å². The molecular formula is C18H13ClN2OS2. The number of halogens is 1. The summed E-state index contributed by atoms with van der Waals surface area (Å²) in [4.78, 5) is 17.6. The fourth-order valence-corrected chi connectivity index (χ4v) is 5.10. The van der Waals surface area contributed by atoms with Gasteiger partial charge in [-0.15, -0.1) is 23.1 Å². The van der Waals surface area contributed by atoms with Gasteiger partial charge in [0.2, 0.25) is 0 Å². The third-order valence-electron chi connectivity index (χ3n) is 3.85. The van der Waals surface area contributed by atoms with Gasteiger partial charge in [-0.05, 0) is 0 Å². The Hall–Kier alpha value is -1.82. The Balaban J connectivity index is 1.51. The van der Waals surface area contributed by atoms with Gasteiger partial charge in [0.25, 0.3) is 5.91 Å². The summed E-state index contributed by atoms with van der Waals surface area (Å²) in [7, 11) is 0. The first-order chi connectivity index (χ1) is 11.7. The van der Waals surface area contributed by atoms with Gasteiger partial charge in [-0.3, -0.25) is 10.1 Å². The molecule has 0 spiro atoms. The largest absolute Gasteiger partial charge is 0.297 e. The van der Waals surface area contributed by atoms with E-state index in [0.29, 0.717) is 15.1 Å². The number of fused-ring (bicyclic) bond motifs is 1. The van der Waals surface area contributed by atoms with Crippen LogP contribution in [0.25, 0.3) is 11.3 Å². The van der Waals surface area contributed by atoms with Crippen molar-refractivity contribution in [3.8, 4) is 11.3 Å². The summed E-state index contributed by atoms with van der Waals surface area (Å²) in [5, 5.41) is 6.21. The maximum atomic E-state index is 12.6. The molecule has 1 aliphatic heterocycles. The number of allylic oxidation sites excluding steroid dienone is 4. The lowest BCUT2D eigenvalue weighted by Gasteiger charge is -2.14. The van der Waals surface area contributed by atoms with E-state index in [9.17, 15) is 4.79 Å². The molecule has 1 aromatic heterocycles. The minimum Gasteiger partial charge on any atom is -0.297 e. The van der Waals surface area contributed by atoms with Gasteiger partial charge in [-0.25, -0.2) is 4.98 Å². The Morgan fingerprint density at radius 2 is 1.96 bits per heavy atom. The second-order valence-electron chi connectivity index (χ2n) is 5.41. The second kappa shape index (κ2) is 6.59. The number of rotatable bonds is 3. The van der Waals surface area contributed by atoms with Crippen LogP contribution in [0.1, 0.15) is 0 Å². The van der Waals surface area contributed by atoms with Gasteiger partial charge in [0, 0.05) is 27.1 Å². The monoisotopic (exact) mass is 372 g/mol. The molecule has 0 saturated carbocycles. The van der Waals surface area contributed by atoms with Gasteiger partial charge in [-0.2, -0.15) is 0 Å². The number of nitrogens with one attached hydrogen (secondary N) is 1. The highest BCUT2D eigenvalue weighted by atomic mass is 35.5. The van der Waals surface area contributed by atoms with Crippen molar-refractivity contribution >= 4 is 45.7 Å². The molecule has 0 bridgehead atoms. The average Bonchev–Trinajstić information content (AvgIpc) is 3.21. The van der Waals surface area contributed by atoms with Crippen molar-refractivity contribution in [3.63, 3.8) is 0 Å². The molecule has 2 atom stereocenters. The van der Waals surface area contributed by atoms with E-state index in [1.165, 1.54) is 23.1 Å². The second-order valence-corrected chi connectivity index (χ2v) is 7.87.